The quantitative estimate of drug-likeness (QED) is 0.704. The van der Waals surface area contributed by atoms with Gasteiger partial charge in [-0.3, -0.25) is 9.69 Å². The zero-order valence-electron chi connectivity index (χ0n) is 16.0. The lowest BCUT2D eigenvalue weighted by Gasteiger charge is -2.44. The molecule has 4 rings (SSSR count). The van der Waals surface area contributed by atoms with Crippen molar-refractivity contribution in [1.82, 2.24) is 15.1 Å². The Labute approximate surface area is 157 Å². The summed E-state index contributed by atoms with van der Waals surface area (Å²) in [5.41, 5.74) is -1.02. The number of nitrogens with zero attached hydrogens (tertiary/aromatic N) is 2. The van der Waals surface area contributed by atoms with E-state index in [-0.39, 0.29) is 11.4 Å². The Hall–Kier alpha value is -0.690. The van der Waals surface area contributed by atoms with Gasteiger partial charge < -0.3 is 20.1 Å². The van der Waals surface area contributed by atoms with Gasteiger partial charge in [-0.1, -0.05) is 12.8 Å². The van der Waals surface area contributed by atoms with Gasteiger partial charge in [-0.2, -0.15) is 0 Å². The molecule has 2 saturated carbocycles. The van der Waals surface area contributed by atoms with Crippen LogP contribution in [0.5, 0.6) is 0 Å². The molecule has 0 spiro atoms. The number of hydrogen-bond acceptors (Lipinski definition) is 5. The summed E-state index contributed by atoms with van der Waals surface area (Å²) < 4.78 is 5.53. The number of likely N-dealkylation sites (tertiary alicyclic amines) is 1. The lowest BCUT2D eigenvalue weighted by atomic mass is 9.90. The van der Waals surface area contributed by atoms with Crippen LogP contribution in [0.1, 0.15) is 51.4 Å². The number of carbonyl (C=O) groups excluding carboxylic acids is 1. The summed E-state index contributed by atoms with van der Waals surface area (Å²) in [7, 11) is 0. The standard InChI is InChI=1S/C20H35N3O3/c24-18-20(25,8-3-9-22(18)14-17-4-5-17)16-21-15-19(6-1-2-7-19)23-10-12-26-13-11-23/h17,21,25H,1-16H2/t20-/m1/s1. The molecular formula is C20H35N3O3. The van der Waals surface area contributed by atoms with Crippen LogP contribution < -0.4 is 5.32 Å². The Bertz CT molecular complexity index is 499. The van der Waals surface area contributed by atoms with Crippen molar-refractivity contribution in [2.45, 2.75) is 62.5 Å². The zero-order valence-corrected chi connectivity index (χ0v) is 16.0. The van der Waals surface area contributed by atoms with Gasteiger partial charge in [0.15, 0.2) is 5.60 Å². The fourth-order valence-electron chi connectivity index (χ4n) is 5.19. The molecule has 2 aliphatic heterocycles. The number of nitrogens with one attached hydrogen (secondary N) is 1. The van der Waals surface area contributed by atoms with E-state index in [2.05, 4.69) is 10.2 Å². The van der Waals surface area contributed by atoms with Crippen molar-refractivity contribution in [1.29, 1.82) is 0 Å². The molecule has 0 aromatic rings. The van der Waals surface area contributed by atoms with Gasteiger partial charge in [0.25, 0.3) is 5.91 Å². The monoisotopic (exact) mass is 365 g/mol. The first-order valence-corrected chi connectivity index (χ1v) is 10.7. The minimum absolute atomic E-state index is 0.0463. The minimum Gasteiger partial charge on any atom is -0.379 e. The Morgan fingerprint density at radius 3 is 2.46 bits per heavy atom. The summed E-state index contributed by atoms with van der Waals surface area (Å²) >= 11 is 0. The van der Waals surface area contributed by atoms with Gasteiger partial charge in [-0.05, 0) is 44.4 Å². The molecule has 0 aromatic carbocycles. The molecule has 0 bridgehead atoms. The third-order valence-electron chi connectivity index (χ3n) is 6.97. The number of aliphatic hydroxyl groups is 1. The van der Waals surface area contributed by atoms with Crippen LogP contribution in [0.3, 0.4) is 0 Å². The van der Waals surface area contributed by atoms with Crippen LogP contribution in [0, 0.1) is 5.92 Å². The summed E-state index contributed by atoms with van der Waals surface area (Å²) in [6.07, 6.45) is 8.94. The van der Waals surface area contributed by atoms with E-state index in [9.17, 15) is 9.90 Å². The summed E-state index contributed by atoms with van der Waals surface area (Å²) in [5.74, 6) is 0.632. The summed E-state index contributed by atoms with van der Waals surface area (Å²) in [5, 5.41) is 14.5. The van der Waals surface area contributed by atoms with E-state index in [0.29, 0.717) is 18.9 Å². The Morgan fingerprint density at radius 1 is 1.04 bits per heavy atom. The van der Waals surface area contributed by atoms with E-state index < -0.39 is 5.60 Å². The lowest BCUT2D eigenvalue weighted by molar-refractivity contribution is -0.157. The molecule has 2 N–H and O–H groups in total. The number of hydrogen-bond donors (Lipinski definition) is 2. The van der Waals surface area contributed by atoms with Gasteiger partial charge in [0.05, 0.1) is 13.2 Å². The Balaban J connectivity index is 1.33. The van der Waals surface area contributed by atoms with E-state index in [1.807, 2.05) is 4.90 Å². The number of amides is 1. The van der Waals surface area contributed by atoms with Crippen molar-refractivity contribution in [3.05, 3.63) is 0 Å². The van der Waals surface area contributed by atoms with Crippen molar-refractivity contribution >= 4 is 5.91 Å². The van der Waals surface area contributed by atoms with Gasteiger partial charge in [-0.25, -0.2) is 0 Å². The van der Waals surface area contributed by atoms with Crippen molar-refractivity contribution in [3.63, 3.8) is 0 Å². The van der Waals surface area contributed by atoms with E-state index in [1.54, 1.807) is 0 Å². The van der Waals surface area contributed by atoms with Crippen molar-refractivity contribution in [2.75, 3.05) is 52.5 Å². The van der Waals surface area contributed by atoms with Gasteiger partial charge in [-0.15, -0.1) is 0 Å². The van der Waals surface area contributed by atoms with Crippen LogP contribution in [-0.4, -0.2) is 84.4 Å². The zero-order chi connectivity index (χ0) is 18.0. The third-order valence-corrected chi connectivity index (χ3v) is 6.97. The predicted molar refractivity (Wildman–Crippen MR) is 99.9 cm³/mol. The molecule has 1 amide bonds. The fraction of sp³-hybridized carbons (Fsp3) is 0.950. The highest BCUT2D eigenvalue weighted by Gasteiger charge is 2.45. The second-order valence-corrected chi connectivity index (χ2v) is 8.96. The van der Waals surface area contributed by atoms with Gasteiger partial charge >= 0.3 is 0 Å². The smallest absolute Gasteiger partial charge is 0.255 e. The molecule has 2 aliphatic carbocycles. The van der Waals surface area contributed by atoms with Crippen LogP contribution in [-0.2, 0) is 9.53 Å². The highest BCUT2D eigenvalue weighted by Crippen LogP contribution is 2.36. The first-order chi connectivity index (χ1) is 12.6. The fourth-order valence-corrected chi connectivity index (χ4v) is 5.19. The molecule has 0 radical (unpaired) electrons. The van der Waals surface area contributed by atoms with Gasteiger partial charge in [0.2, 0.25) is 0 Å². The molecule has 148 valence electrons. The van der Waals surface area contributed by atoms with E-state index >= 15 is 0 Å². The SMILES string of the molecule is O=C1N(CC2CC2)CCC[C@@]1(O)CNCC1(N2CCOCC2)CCCC1. The number of piperidine rings is 1. The molecule has 0 aromatic heterocycles. The molecule has 6 heteroatoms. The largest absolute Gasteiger partial charge is 0.379 e. The number of carbonyl (C=O) groups is 1. The first kappa shape index (κ1) is 18.7. The summed E-state index contributed by atoms with van der Waals surface area (Å²) in [6, 6.07) is 0. The summed E-state index contributed by atoms with van der Waals surface area (Å²) in [4.78, 5) is 17.3. The Morgan fingerprint density at radius 2 is 1.77 bits per heavy atom. The maximum atomic E-state index is 12.8. The second-order valence-electron chi connectivity index (χ2n) is 8.96. The average Bonchev–Trinajstić information content (AvgIpc) is 3.35. The van der Waals surface area contributed by atoms with Crippen LogP contribution >= 0.6 is 0 Å². The molecule has 4 fully saturated rings. The van der Waals surface area contributed by atoms with Crippen LogP contribution in [0.4, 0.5) is 0 Å². The van der Waals surface area contributed by atoms with Crippen LogP contribution in [0.15, 0.2) is 0 Å². The van der Waals surface area contributed by atoms with Crippen LogP contribution in [0.25, 0.3) is 0 Å². The second kappa shape index (κ2) is 7.74. The van der Waals surface area contributed by atoms with Gasteiger partial charge in [0, 0.05) is 44.8 Å². The highest BCUT2D eigenvalue weighted by molar-refractivity contribution is 5.86. The van der Waals surface area contributed by atoms with Crippen molar-refractivity contribution < 1.29 is 14.6 Å². The first-order valence-electron chi connectivity index (χ1n) is 10.7. The van der Waals surface area contributed by atoms with Crippen molar-refractivity contribution in [2.24, 2.45) is 5.92 Å². The maximum Gasteiger partial charge on any atom is 0.255 e. The van der Waals surface area contributed by atoms with E-state index in [4.69, 9.17) is 4.74 Å². The van der Waals surface area contributed by atoms with Crippen LogP contribution in [0.2, 0.25) is 0 Å². The molecular weight excluding hydrogens is 330 g/mol. The maximum absolute atomic E-state index is 12.8. The molecule has 0 unspecified atom stereocenters. The topological polar surface area (TPSA) is 65.0 Å². The normalized spacial score (nSPS) is 33.0. The highest BCUT2D eigenvalue weighted by atomic mass is 16.5. The molecule has 26 heavy (non-hydrogen) atoms. The number of ether oxygens (including phenoxy) is 1. The van der Waals surface area contributed by atoms with Gasteiger partial charge in [0.1, 0.15) is 0 Å². The molecule has 2 saturated heterocycles. The third kappa shape index (κ3) is 3.93. The predicted octanol–water partition coefficient (Wildman–Crippen LogP) is 0.985. The van der Waals surface area contributed by atoms with Crippen molar-refractivity contribution in [3.8, 4) is 0 Å². The molecule has 1 atom stereocenters. The average molecular weight is 366 g/mol. The molecule has 6 nitrogen and oxygen atoms in total. The van der Waals surface area contributed by atoms with E-state index in [1.165, 1.54) is 38.5 Å². The summed E-state index contributed by atoms with van der Waals surface area (Å²) in [6.45, 7) is 6.55. The molecule has 2 heterocycles. The van der Waals surface area contributed by atoms with E-state index in [0.717, 1.165) is 52.4 Å². The Kier molecular flexibility index (Phi) is 5.56. The molecule has 4 aliphatic rings. The lowest BCUT2D eigenvalue weighted by Crippen LogP contribution is -2.61. The minimum atomic E-state index is -1.21. The number of rotatable bonds is 7. The number of morpholine rings is 1.